The van der Waals surface area contributed by atoms with Crippen molar-refractivity contribution >= 4 is 39.6 Å². The van der Waals surface area contributed by atoms with E-state index in [2.05, 4.69) is 35.6 Å². The molecular weight excluding hydrogens is 360 g/mol. The van der Waals surface area contributed by atoms with E-state index in [1.807, 2.05) is 36.6 Å². The average Bonchev–Trinajstić information content (AvgIpc) is 3.07. The van der Waals surface area contributed by atoms with Gasteiger partial charge >= 0.3 is 0 Å². The minimum Gasteiger partial charge on any atom is -0.391 e. The van der Waals surface area contributed by atoms with E-state index in [9.17, 15) is 0 Å². The third-order valence-electron chi connectivity index (χ3n) is 3.56. The van der Waals surface area contributed by atoms with Crippen LogP contribution in [-0.4, -0.2) is 24.9 Å². The molecule has 0 amide bonds. The average molecular weight is 376 g/mol. The molecule has 134 valence electrons. The molecule has 0 bridgehead atoms. The molecule has 0 saturated carbocycles. The lowest BCUT2D eigenvalue weighted by Crippen LogP contribution is -2.02. The van der Waals surface area contributed by atoms with Crippen molar-refractivity contribution in [3.05, 3.63) is 59.9 Å². The van der Waals surface area contributed by atoms with Gasteiger partial charge in [-0.25, -0.2) is 19.9 Å². The molecule has 27 heavy (non-hydrogen) atoms. The van der Waals surface area contributed by atoms with Crippen LogP contribution in [-0.2, 0) is 0 Å². The predicted molar refractivity (Wildman–Crippen MR) is 107 cm³/mol. The Labute approximate surface area is 159 Å². The van der Waals surface area contributed by atoms with Crippen LogP contribution in [0.2, 0.25) is 0 Å². The highest BCUT2D eigenvalue weighted by Gasteiger charge is 2.06. The van der Waals surface area contributed by atoms with Crippen molar-refractivity contribution in [1.29, 1.82) is 0 Å². The number of aromatic nitrogens is 5. The molecular formula is C18H16N8S. The number of pyridine rings is 1. The molecule has 4 N–H and O–H groups in total. The van der Waals surface area contributed by atoms with Crippen LogP contribution in [0.5, 0.6) is 0 Å². The third kappa shape index (κ3) is 4.15. The fraction of sp³-hybridized carbons (Fsp3) is 0.0556. The van der Waals surface area contributed by atoms with Gasteiger partial charge in [-0.2, -0.15) is 4.98 Å². The molecule has 0 spiro atoms. The molecule has 0 saturated heterocycles. The zero-order chi connectivity index (χ0) is 18.6. The first-order valence-corrected chi connectivity index (χ1v) is 9.02. The van der Waals surface area contributed by atoms with Crippen LogP contribution in [0, 0.1) is 6.92 Å². The summed E-state index contributed by atoms with van der Waals surface area (Å²) < 4.78 is 0. The van der Waals surface area contributed by atoms with Crippen molar-refractivity contribution < 1.29 is 0 Å². The first-order valence-electron chi connectivity index (χ1n) is 8.14. The minimum absolute atomic E-state index is 0.465. The molecule has 4 aromatic heterocycles. The van der Waals surface area contributed by atoms with E-state index < -0.39 is 0 Å². The summed E-state index contributed by atoms with van der Waals surface area (Å²) in [6.07, 6.45) is 3.35. The van der Waals surface area contributed by atoms with Crippen LogP contribution in [0.3, 0.4) is 0 Å². The van der Waals surface area contributed by atoms with Crippen molar-refractivity contribution in [2.45, 2.75) is 6.92 Å². The predicted octanol–water partition coefficient (Wildman–Crippen LogP) is 3.77. The molecule has 4 aromatic rings. The Hall–Kier alpha value is -3.59. The zero-order valence-electron chi connectivity index (χ0n) is 14.4. The number of hydrogen-bond acceptors (Lipinski definition) is 9. The maximum Gasteiger partial charge on any atom is 0.229 e. The molecule has 9 heteroatoms. The van der Waals surface area contributed by atoms with E-state index in [0.29, 0.717) is 23.4 Å². The Bertz CT molecular complexity index is 1080. The van der Waals surface area contributed by atoms with E-state index in [1.165, 1.54) is 11.3 Å². The Balaban J connectivity index is 1.54. The normalized spacial score (nSPS) is 10.6. The molecule has 0 radical (unpaired) electrons. The van der Waals surface area contributed by atoms with Gasteiger partial charge < -0.3 is 16.4 Å². The lowest BCUT2D eigenvalue weighted by Gasteiger charge is -2.08. The molecule has 4 heterocycles. The molecule has 0 atom stereocenters. The summed E-state index contributed by atoms with van der Waals surface area (Å²) in [5, 5.41) is 8.92. The van der Waals surface area contributed by atoms with E-state index in [0.717, 1.165) is 22.1 Å². The second-order valence-corrected chi connectivity index (χ2v) is 6.63. The van der Waals surface area contributed by atoms with E-state index in [1.54, 1.807) is 24.5 Å². The molecule has 4 rings (SSSR count). The summed E-state index contributed by atoms with van der Waals surface area (Å²) in [4.78, 5) is 21.9. The molecule has 0 unspecified atom stereocenters. The second kappa shape index (κ2) is 7.34. The number of hydrogen-bond donors (Lipinski definition) is 3. The summed E-state index contributed by atoms with van der Waals surface area (Å²) in [5.74, 6) is 2.24. The largest absolute Gasteiger partial charge is 0.391 e. The molecule has 0 aliphatic carbocycles. The molecule has 0 fully saturated rings. The van der Waals surface area contributed by atoms with Crippen molar-refractivity contribution in [3.8, 4) is 11.5 Å². The van der Waals surface area contributed by atoms with E-state index >= 15 is 0 Å². The Morgan fingerprint density at radius 2 is 1.74 bits per heavy atom. The van der Waals surface area contributed by atoms with Crippen LogP contribution in [0.4, 0.5) is 28.3 Å². The van der Waals surface area contributed by atoms with Gasteiger partial charge in [0, 0.05) is 23.5 Å². The van der Waals surface area contributed by atoms with Crippen molar-refractivity contribution in [1.82, 2.24) is 24.9 Å². The number of thiophene rings is 1. The Kier molecular flexibility index (Phi) is 4.58. The topological polar surface area (TPSA) is 115 Å². The smallest absolute Gasteiger partial charge is 0.229 e. The first kappa shape index (κ1) is 16.9. The van der Waals surface area contributed by atoms with E-state index in [-0.39, 0.29) is 0 Å². The lowest BCUT2D eigenvalue weighted by molar-refractivity contribution is 1.11. The fourth-order valence-electron chi connectivity index (χ4n) is 2.39. The van der Waals surface area contributed by atoms with Crippen molar-refractivity contribution in [2.75, 3.05) is 16.4 Å². The highest BCUT2D eigenvalue weighted by molar-refractivity contribution is 7.14. The Morgan fingerprint density at radius 1 is 0.926 bits per heavy atom. The van der Waals surface area contributed by atoms with Gasteiger partial charge in [-0.1, -0.05) is 6.07 Å². The highest BCUT2D eigenvalue weighted by Crippen LogP contribution is 2.24. The lowest BCUT2D eigenvalue weighted by atomic mass is 10.3. The van der Waals surface area contributed by atoms with Gasteiger partial charge in [0.1, 0.15) is 17.3 Å². The molecule has 0 aromatic carbocycles. The summed E-state index contributed by atoms with van der Waals surface area (Å²) in [6, 6.07) is 11.1. The maximum absolute atomic E-state index is 5.74. The fourth-order valence-corrected chi connectivity index (χ4v) is 2.97. The van der Waals surface area contributed by atoms with Gasteiger partial charge in [-0.15, -0.1) is 11.3 Å². The molecule has 0 aliphatic rings. The standard InChI is InChI=1S/C18H16N8S/c1-11-3-2-4-13(22-11)17-20-7-5-15(25-17)24-16-6-8-21-18(26-16)23-12-9-14(19)27-10-12/h2-10H,19H2,1H3,(H2,20,21,23,24,25,26). The SMILES string of the molecule is Cc1cccc(-c2nccc(Nc3ccnc(Nc4csc(N)c4)n3)n2)n1. The van der Waals surface area contributed by atoms with Crippen LogP contribution < -0.4 is 16.4 Å². The monoisotopic (exact) mass is 376 g/mol. The number of anilines is 5. The van der Waals surface area contributed by atoms with E-state index in [4.69, 9.17) is 5.73 Å². The van der Waals surface area contributed by atoms with Gasteiger partial charge in [-0.05, 0) is 37.3 Å². The van der Waals surface area contributed by atoms with Crippen molar-refractivity contribution in [2.24, 2.45) is 0 Å². The summed E-state index contributed by atoms with van der Waals surface area (Å²) in [7, 11) is 0. The van der Waals surface area contributed by atoms with Gasteiger partial charge in [0.25, 0.3) is 0 Å². The maximum atomic E-state index is 5.74. The zero-order valence-corrected chi connectivity index (χ0v) is 15.2. The van der Waals surface area contributed by atoms with Gasteiger partial charge in [0.05, 0.1) is 10.7 Å². The number of nitrogens with two attached hydrogens (primary N) is 1. The van der Waals surface area contributed by atoms with Crippen LogP contribution in [0.1, 0.15) is 5.69 Å². The van der Waals surface area contributed by atoms with Crippen LogP contribution in [0.15, 0.2) is 54.2 Å². The number of nitrogen functional groups attached to an aromatic ring is 1. The van der Waals surface area contributed by atoms with Crippen LogP contribution in [0.25, 0.3) is 11.5 Å². The van der Waals surface area contributed by atoms with Crippen LogP contribution >= 0.6 is 11.3 Å². The van der Waals surface area contributed by atoms with Crippen molar-refractivity contribution in [3.63, 3.8) is 0 Å². The number of nitrogens with one attached hydrogen (secondary N) is 2. The van der Waals surface area contributed by atoms with Gasteiger partial charge in [-0.3, -0.25) is 0 Å². The van der Waals surface area contributed by atoms with Gasteiger partial charge in [0.2, 0.25) is 5.95 Å². The first-order chi connectivity index (χ1) is 13.2. The molecule has 8 nitrogen and oxygen atoms in total. The number of aryl methyl sites for hydroxylation is 1. The summed E-state index contributed by atoms with van der Waals surface area (Å²) >= 11 is 1.45. The van der Waals surface area contributed by atoms with Gasteiger partial charge in [0.15, 0.2) is 5.82 Å². The quantitative estimate of drug-likeness (QED) is 0.482. The highest BCUT2D eigenvalue weighted by atomic mass is 32.1. The summed E-state index contributed by atoms with van der Waals surface area (Å²) in [5.41, 5.74) is 8.23. The number of rotatable bonds is 5. The second-order valence-electron chi connectivity index (χ2n) is 5.68. The Morgan fingerprint density at radius 3 is 2.52 bits per heavy atom. The summed E-state index contributed by atoms with van der Waals surface area (Å²) in [6.45, 7) is 1.93. The third-order valence-corrected chi connectivity index (χ3v) is 4.32. The molecule has 0 aliphatic heterocycles. The minimum atomic E-state index is 0.465. The number of nitrogens with zero attached hydrogens (tertiary/aromatic N) is 5.